The molecule has 0 radical (unpaired) electrons. The van der Waals surface area contributed by atoms with Crippen LogP contribution in [-0.4, -0.2) is 22.4 Å². The van der Waals surface area contributed by atoms with Gasteiger partial charge in [-0.3, -0.25) is 15.5 Å². The summed E-state index contributed by atoms with van der Waals surface area (Å²) >= 11 is 1.66. The lowest BCUT2D eigenvalue weighted by Crippen LogP contribution is -2.00. The fourth-order valence-electron chi connectivity index (χ4n) is 1.64. The standard InChI is InChI=1S/C14H14N4O2S/c1-10-3-8-13(18(19)20)14(16-10)17-15-9-11-4-6-12(21-2)7-5-11/h3-9H,1-2H3,(H,16,17)/b15-9-. The van der Waals surface area contributed by atoms with Crippen LogP contribution in [-0.2, 0) is 0 Å². The average molecular weight is 302 g/mol. The molecule has 0 saturated carbocycles. The molecule has 0 fully saturated rings. The van der Waals surface area contributed by atoms with Crippen LogP contribution in [0.1, 0.15) is 11.3 Å². The predicted octanol–water partition coefficient (Wildman–Crippen LogP) is 3.47. The van der Waals surface area contributed by atoms with E-state index >= 15 is 0 Å². The molecule has 108 valence electrons. The highest BCUT2D eigenvalue weighted by Crippen LogP contribution is 2.21. The molecule has 1 aromatic heterocycles. The van der Waals surface area contributed by atoms with Crippen LogP contribution in [0.15, 0.2) is 46.4 Å². The van der Waals surface area contributed by atoms with Crippen LogP contribution < -0.4 is 5.43 Å². The monoisotopic (exact) mass is 302 g/mol. The maximum atomic E-state index is 10.9. The van der Waals surface area contributed by atoms with Crippen molar-refractivity contribution in [1.29, 1.82) is 0 Å². The molecule has 0 bridgehead atoms. The Morgan fingerprint density at radius 1 is 1.29 bits per heavy atom. The quantitative estimate of drug-likeness (QED) is 0.396. The second kappa shape index (κ2) is 6.85. The number of hydrogen-bond acceptors (Lipinski definition) is 6. The second-order valence-electron chi connectivity index (χ2n) is 4.22. The van der Waals surface area contributed by atoms with Gasteiger partial charge in [0.1, 0.15) is 0 Å². The van der Waals surface area contributed by atoms with Gasteiger partial charge in [0.25, 0.3) is 0 Å². The van der Waals surface area contributed by atoms with Crippen LogP contribution in [0.25, 0.3) is 0 Å². The minimum atomic E-state index is -0.489. The highest BCUT2D eigenvalue weighted by molar-refractivity contribution is 7.98. The number of benzene rings is 1. The maximum Gasteiger partial charge on any atom is 0.313 e. The first kappa shape index (κ1) is 15.0. The fraction of sp³-hybridized carbons (Fsp3) is 0.143. The van der Waals surface area contributed by atoms with Gasteiger partial charge in [0.15, 0.2) is 0 Å². The summed E-state index contributed by atoms with van der Waals surface area (Å²) < 4.78 is 0. The van der Waals surface area contributed by atoms with E-state index in [4.69, 9.17) is 0 Å². The minimum Gasteiger partial charge on any atom is -0.258 e. The molecule has 6 nitrogen and oxygen atoms in total. The van der Waals surface area contributed by atoms with Crippen molar-refractivity contribution in [2.24, 2.45) is 5.10 Å². The third-order valence-electron chi connectivity index (χ3n) is 2.71. The lowest BCUT2D eigenvalue weighted by atomic mass is 10.2. The van der Waals surface area contributed by atoms with Gasteiger partial charge in [0.05, 0.1) is 11.1 Å². The molecule has 0 unspecified atom stereocenters. The Morgan fingerprint density at radius 2 is 2.00 bits per heavy atom. The number of aromatic nitrogens is 1. The third-order valence-corrected chi connectivity index (χ3v) is 3.45. The largest absolute Gasteiger partial charge is 0.313 e. The Hall–Kier alpha value is -2.41. The summed E-state index contributed by atoms with van der Waals surface area (Å²) in [5.74, 6) is 0.136. The number of nitrogens with one attached hydrogen (secondary N) is 1. The highest BCUT2D eigenvalue weighted by Gasteiger charge is 2.14. The average Bonchev–Trinajstić information content (AvgIpc) is 2.48. The summed E-state index contributed by atoms with van der Waals surface area (Å²) in [5.41, 5.74) is 4.10. The molecule has 0 saturated heterocycles. The predicted molar refractivity (Wildman–Crippen MR) is 85.1 cm³/mol. The van der Waals surface area contributed by atoms with E-state index in [9.17, 15) is 10.1 Å². The summed E-state index contributed by atoms with van der Waals surface area (Å²) in [6.07, 6.45) is 3.60. The van der Waals surface area contributed by atoms with E-state index in [-0.39, 0.29) is 11.5 Å². The minimum absolute atomic E-state index is 0.101. The van der Waals surface area contributed by atoms with Gasteiger partial charge in [-0.05, 0) is 36.9 Å². The molecule has 21 heavy (non-hydrogen) atoms. The number of aryl methyl sites for hydroxylation is 1. The number of thioether (sulfide) groups is 1. The smallest absolute Gasteiger partial charge is 0.258 e. The van der Waals surface area contributed by atoms with Crippen LogP contribution in [0.2, 0.25) is 0 Å². The van der Waals surface area contributed by atoms with Gasteiger partial charge in [-0.15, -0.1) is 11.8 Å². The van der Waals surface area contributed by atoms with Gasteiger partial charge in [0, 0.05) is 16.7 Å². The van der Waals surface area contributed by atoms with Gasteiger partial charge in [-0.2, -0.15) is 5.10 Å². The zero-order chi connectivity index (χ0) is 15.2. The SMILES string of the molecule is CSc1ccc(/C=N\Nc2nc(C)ccc2[N+](=O)[O-])cc1. The fourth-order valence-corrected chi connectivity index (χ4v) is 2.05. The Morgan fingerprint density at radius 3 is 2.62 bits per heavy atom. The topological polar surface area (TPSA) is 80.4 Å². The molecule has 7 heteroatoms. The lowest BCUT2D eigenvalue weighted by Gasteiger charge is -2.02. The number of hydrazone groups is 1. The number of nitrogens with zero attached hydrogens (tertiary/aromatic N) is 3. The van der Waals surface area contributed by atoms with Gasteiger partial charge < -0.3 is 0 Å². The molecular weight excluding hydrogens is 288 g/mol. The van der Waals surface area contributed by atoms with Crippen molar-refractivity contribution in [3.05, 3.63) is 57.8 Å². The number of nitro groups is 1. The molecule has 1 N–H and O–H groups in total. The van der Waals surface area contributed by atoms with E-state index in [0.717, 1.165) is 10.5 Å². The van der Waals surface area contributed by atoms with Gasteiger partial charge in [-0.1, -0.05) is 12.1 Å². The van der Waals surface area contributed by atoms with Crippen molar-refractivity contribution in [2.75, 3.05) is 11.7 Å². The molecule has 0 amide bonds. The first-order valence-corrected chi connectivity index (χ1v) is 7.38. The summed E-state index contributed by atoms with van der Waals surface area (Å²) in [6.45, 7) is 1.76. The third kappa shape index (κ3) is 4.03. The molecular formula is C14H14N4O2S. The second-order valence-corrected chi connectivity index (χ2v) is 5.10. The van der Waals surface area contributed by atoms with Crippen molar-refractivity contribution < 1.29 is 4.92 Å². The normalized spacial score (nSPS) is 10.8. The first-order valence-electron chi connectivity index (χ1n) is 6.15. The van der Waals surface area contributed by atoms with Crippen molar-refractivity contribution >= 4 is 29.5 Å². The molecule has 2 rings (SSSR count). The van der Waals surface area contributed by atoms with Crippen molar-refractivity contribution in [1.82, 2.24) is 4.98 Å². The van der Waals surface area contributed by atoms with E-state index < -0.39 is 4.92 Å². The van der Waals surface area contributed by atoms with Crippen molar-refractivity contribution in [3.8, 4) is 0 Å². The van der Waals surface area contributed by atoms with E-state index in [2.05, 4.69) is 15.5 Å². The molecule has 0 aliphatic carbocycles. The Labute approximate surface area is 126 Å². The first-order chi connectivity index (χ1) is 10.1. The van der Waals surface area contributed by atoms with E-state index in [1.807, 2.05) is 30.5 Å². The van der Waals surface area contributed by atoms with E-state index in [0.29, 0.717) is 5.69 Å². The summed E-state index contributed by atoms with van der Waals surface area (Å²) in [6, 6.07) is 10.8. The summed E-state index contributed by atoms with van der Waals surface area (Å²) in [5, 5.41) is 14.9. The highest BCUT2D eigenvalue weighted by atomic mass is 32.2. The number of anilines is 1. The Balaban J connectivity index is 2.13. The van der Waals surface area contributed by atoms with Gasteiger partial charge >= 0.3 is 5.69 Å². The van der Waals surface area contributed by atoms with Crippen LogP contribution in [0.5, 0.6) is 0 Å². The van der Waals surface area contributed by atoms with E-state index in [1.165, 1.54) is 6.07 Å². The Bertz CT molecular complexity index is 671. The zero-order valence-corrected chi connectivity index (χ0v) is 12.4. The molecule has 0 spiro atoms. The van der Waals surface area contributed by atoms with Crippen molar-refractivity contribution in [2.45, 2.75) is 11.8 Å². The molecule has 0 aliphatic rings. The van der Waals surface area contributed by atoms with Crippen LogP contribution in [0, 0.1) is 17.0 Å². The van der Waals surface area contributed by atoms with Crippen molar-refractivity contribution in [3.63, 3.8) is 0 Å². The summed E-state index contributed by atoms with van der Waals surface area (Å²) in [4.78, 5) is 15.7. The van der Waals surface area contributed by atoms with Crippen LogP contribution >= 0.6 is 11.8 Å². The molecule has 0 aliphatic heterocycles. The van der Waals surface area contributed by atoms with Gasteiger partial charge in [-0.25, -0.2) is 4.98 Å². The number of hydrogen-bond donors (Lipinski definition) is 1. The zero-order valence-electron chi connectivity index (χ0n) is 11.6. The molecule has 1 heterocycles. The number of pyridine rings is 1. The molecule has 2 aromatic rings. The van der Waals surface area contributed by atoms with Crippen LogP contribution in [0.3, 0.4) is 0 Å². The van der Waals surface area contributed by atoms with E-state index in [1.54, 1.807) is 31.0 Å². The Kier molecular flexibility index (Phi) is 4.89. The van der Waals surface area contributed by atoms with Crippen LogP contribution in [0.4, 0.5) is 11.5 Å². The van der Waals surface area contributed by atoms with Gasteiger partial charge in [0.2, 0.25) is 5.82 Å². The summed E-state index contributed by atoms with van der Waals surface area (Å²) in [7, 11) is 0. The molecule has 1 aromatic carbocycles. The molecule has 0 atom stereocenters. The lowest BCUT2D eigenvalue weighted by molar-refractivity contribution is -0.384. The number of rotatable bonds is 5. The maximum absolute atomic E-state index is 10.9.